The summed E-state index contributed by atoms with van der Waals surface area (Å²) in [6, 6.07) is 22.9. The van der Waals surface area contributed by atoms with Gasteiger partial charge in [0.15, 0.2) is 0 Å². The predicted octanol–water partition coefficient (Wildman–Crippen LogP) is 5.33. The van der Waals surface area contributed by atoms with Gasteiger partial charge in [0.05, 0.1) is 47.8 Å². The largest absolute Gasteiger partial charge is 0.455 e. The molecule has 51 heavy (non-hydrogen) atoms. The third-order valence-corrected chi connectivity index (χ3v) is 10.5. The van der Waals surface area contributed by atoms with E-state index < -0.39 is 66.1 Å². The quantitative estimate of drug-likeness (QED) is 0.161. The number of carbonyl (C=O) groups is 4. The van der Waals surface area contributed by atoms with Gasteiger partial charge in [-0.15, -0.1) is 13.2 Å². The molecule has 3 aromatic carbocycles. The van der Waals surface area contributed by atoms with E-state index in [0.29, 0.717) is 41.1 Å². The van der Waals surface area contributed by atoms with Gasteiger partial charge in [0, 0.05) is 13.0 Å². The summed E-state index contributed by atoms with van der Waals surface area (Å²) in [6.45, 7) is 7.15. The van der Waals surface area contributed by atoms with Crippen LogP contribution in [0.2, 0.25) is 5.02 Å². The molecule has 0 aromatic heterocycles. The third kappa shape index (κ3) is 6.83. The highest BCUT2D eigenvalue weighted by Crippen LogP contribution is 2.60. The Morgan fingerprint density at radius 1 is 1.02 bits per heavy atom. The van der Waals surface area contributed by atoms with Crippen LogP contribution in [0.15, 0.2) is 110 Å². The SMILES string of the molecule is C=CCCC(=O)NC[C@H](OC(=O)[C@@H]1[C@H]2C(=O)N([C@H](CO)c3ccccc3)[C@H](C(=O)N(CC=C)c3ccccc3Cl)[C@]23CC[C@H]1O3)c1ccccc1. The van der Waals surface area contributed by atoms with Crippen LogP contribution in [0.4, 0.5) is 5.69 Å². The molecule has 6 rings (SSSR count). The van der Waals surface area contributed by atoms with Crippen LogP contribution >= 0.6 is 11.6 Å². The fourth-order valence-electron chi connectivity index (χ4n) is 7.90. The molecule has 3 fully saturated rings. The molecule has 0 radical (unpaired) electrons. The van der Waals surface area contributed by atoms with Gasteiger partial charge in [-0.3, -0.25) is 19.2 Å². The Morgan fingerprint density at radius 2 is 1.69 bits per heavy atom. The van der Waals surface area contributed by atoms with E-state index in [1.807, 2.05) is 24.3 Å². The van der Waals surface area contributed by atoms with Crippen LogP contribution in [0.3, 0.4) is 0 Å². The van der Waals surface area contributed by atoms with Crippen LogP contribution in [0.5, 0.6) is 0 Å². The molecule has 3 aromatic rings. The number of amides is 3. The van der Waals surface area contributed by atoms with Gasteiger partial charge in [0.25, 0.3) is 5.91 Å². The number of hydrogen-bond acceptors (Lipinski definition) is 7. The zero-order chi connectivity index (χ0) is 36.1. The average molecular weight is 712 g/mol. The summed E-state index contributed by atoms with van der Waals surface area (Å²) >= 11 is 6.61. The van der Waals surface area contributed by atoms with Gasteiger partial charge >= 0.3 is 5.97 Å². The lowest BCUT2D eigenvalue weighted by molar-refractivity contribution is -0.161. The number of nitrogens with zero attached hydrogens (tertiary/aromatic N) is 2. The maximum atomic E-state index is 15.0. The Morgan fingerprint density at radius 3 is 2.33 bits per heavy atom. The molecule has 7 atom stereocenters. The number of fused-ring (bicyclic) bond motifs is 1. The first-order chi connectivity index (χ1) is 24.7. The summed E-state index contributed by atoms with van der Waals surface area (Å²) in [4.78, 5) is 59.6. The molecule has 3 aliphatic heterocycles. The molecule has 266 valence electrons. The minimum absolute atomic E-state index is 0.0237. The van der Waals surface area contributed by atoms with Crippen molar-refractivity contribution in [2.45, 2.75) is 55.6 Å². The maximum absolute atomic E-state index is 15.0. The molecular weight excluding hydrogens is 670 g/mol. The van der Waals surface area contributed by atoms with E-state index in [1.165, 1.54) is 9.80 Å². The monoisotopic (exact) mass is 711 g/mol. The van der Waals surface area contributed by atoms with E-state index >= 15 is 0 Å². The van der Waals surface area contributed by atoms with Crippen molar-refractivity contribution >= 4 is 41.0 Å². The second-order valence-electron chi connectivity index (χ2n) is 13.1. The number of esters is 1. The number of halogens is 1. The third-order valence-electron chi connectivity index (χ3n) is 10.1. The van der Waals surface area contributed by atoms with Crippen LogP contribution in [0, 0.1) is 11.8 Å². The van der Waals surface area contributed by atoms with Crippen molar-refractivity contribution < 1.29 is 33.8 Å². The first-order valence-corrected chi connectivity index (χ1v) is 17.6. The lowest BCUT2D eigenvalue weighted by Crippen LogP contribution is -2.57. The minimum atomic E-state index is -1.38. The number of likely N-dealkylation sites (tertiary alicyclic amines) is 1. The zero-order valence-electron chi connectivity index (χ0n) is 28.2. The smallest absolute Gasteiger partial charge is 0.313 e. The number of aliphatic hydroxyl groups excluding tert-OH is 1. The highest BCUT2D eigenvalue weighted by molar-refractivity contribution is 6.34. The summed E-state index contributed by atoms with van der Waals surface area (Å²) < 4.78 is 12.8. The summed E-state index contributed by atoms with van der Waals surface area (Å²) in [5.41, 5.74) is 0.346. The van der Waals surface area contributed by atoms with Crippen LogP contribution < -0.4 is 10.2 Å². The topological polar surface area (TPSA) is 125 Å². The van der Waals surface area contributed by atoms with E-state index in [9.17, 15) is 24.3 Å². The molecule has 3 aliphatic rings. The Bertz CT molecular complexity index is 1770. The average Bonchev–Trinajstić information content (AvgIpc) is 3.80. The van der Waals surface area contributed by atoms with Crippen molar-refractivity contribution in [3.63, 3.8) is 0 Å². The Balaban J connectivity index is 1.38. The predicted molar refractivity (Wildman–Crippen MR) is 192 cm³/mol. The fraction of sp³-hybridized carbons (Fsp3) is 0.350. The number of ether oxygens (including phenoxy) is 2. The number of anilines is 1. The molecule has 10 nitrogen and oxygen atoms in total. The molecule has 11 heteroatoms. The molecule has 2 bridgehead atoms. The molecule has 0 saturated carbocycles. The number of rotatable bonds is 15. The van der Waals surface area contributed by atoms with Gasteiger partial charge in [-0.25, -0.2) is 0 Å². The van der Waals surface area contributed by atoms with Crippen molar-refractivity contribution in [2.75, 3.05) is 24.6 Å². The summed E-state index contributed by atoms with van der Waals surface area (Å²) in [5.74, 6) is -3.91. The normalized spacial score (nSPS) is 24.4. The molecule has 3 heterocycles. The number of carbonyl (C=O) groups excluding carboxylic acids is 4. The zero-order valence-corrected chi connectivity index (χ0v) is 29.0. The maximum Gasteiger partial charge on any atom is 0.313 e. The molecule has 3 saturated heterocycles. The van der Waals surface area contributed by atoms with Gasteiger partial charge in [0.2, 0.25) is 11.8 Å². The molecule has 1 spiro atoms. The van der Waals surface area contributed by atoms with Crippen LogP contribution in [-0.4, -0.2) is 71.1 Å². The lowest BCUT2D eigenvalue weighted by atomic mass is 9.70. The van der Waals surface area contributed by atoms with Crippen molar-refractivity contribution in [2.24, 2.45) is 11.8 Å². The molecule has 3 amide bonds. The van der Waals surface area contributed by atoms with Crippen molar-refractivity contribution in [1.29, 1.82) is 0 Å². The van der Waals surface area contributed by atoms with E-state index in [-0.39, 0.29) is 25.4 Å². The standard InChI is InChI=1S/C40H42ClN3O7/c1-3-5-20-33(46)42-24-32(27-16-10-7-11-17-27)50-39(49)34-31-21-22-40(51-31)35(34)37(47)44(30(25-45)26-14-8-6-9-15-26)36(40)38(48)43(23-4-2)29-19-13-12-18-28(29)41/h3-4,6-19,30-32,34-36,45H,1-2,5,20-25H2,(H,42,46)/t30-,31-,32+,34+,35+,36-,40+/m1/s1. The van der Waals surface area contributed by atoms with Crippen molar-refractivity contribution in [3.05, 3.63) is 126 Å². The van der Waals surface area contributed by atoms with E-state index in [0.717, 1.165) is 0 Å². The summed E-state index contributed by atoms with van der Waals surface area (Å²) in [7, 11) is 0. The fourth-order valence-corrected chi connectivity index (χ4v) is 8.14. The highest BCUT2D eigenvalue weighted by Gasteiger charge is 2.76. The molecule has 0 aliphatic carbocycles. The first kappa shape index (κ1) is 36.0. The molecular formula is C40H42ClN3O7. The minimum Gasteiger partial charge on any atom is -0.455 e. The van der Waals surface area contributed by atoms with E-state index in [2.05, 4.69) is 18.5 Å². The van der Waals surface area contributed by atoms with Gasteiger partial charge in [-0.1, -0.05) is 96.5 Å². The lowest BCUT2D eigenvalue weighted by Gasteiger charge is -2.39. The Kier molecular flexibility index (Phi) is 11.0. The van der Waals surface area contributed by atoms with E-state index in [1.54, 1.807) is 72.8 Å². The van der Waals surface area contributed by atoms with Crippen LogP contribution in [0.25, 0.3) is 0 Å². The number of para-hydroxylation sites is 1. The Hall–Kier alpha value is -4.77. The number of benzene rings is 3. The van der Waals surface area contributed by atoms with Crippen molar-refractivity contribution in [1.82, 2.24) is 10.2 Å². The summed E-state index contributed by atoms with van der Waals surface area (Å²) in [5, 5.41) is 14.0. The first-order valence-electron chi connectivity index (χ1n) is 17.2. The van der Waals surface area contributed by atoms with Crippen LogP contribution in [0.1, 0.15) is 49.0 Å². The second-order valence-corrected chi connectivity index (χ2v) is 13.5. The molecule has 0 unspecified atom stereocenters. The number of hydrogen-bond donors (Lipinski definition) is 2. The number of allylic oxidation sites excluding steroid dienone is 1. The number of aliphatic hydroxyl groups is 1. The number of nitrogens with one attached hydrogen (secondary N) is 1. The van der Waals surface area contributed by atoms with Gasteiger partial charge in [0.1, 0.15) is 17.7 Å². The van der Waals surface area contributed by atoms with Crippen LogP contribution in [-0.2, 0) is 28.7 Å². The van der Waals surface area contributed by atoms with Gasteiger partial charge in [-0.2, -0.15) is 0 Å². The van der Waals surface area contributed by atoms with Gasteiger partial charge < -0.3 is 29.7 Å². The second kappa shape index (κ2) is 15.6. The molecule has 2 N–H and O–H groups in total. The van der Waals surface area contributed by atoms with E-state index in [4.69, 9.17) is 21.1 Å². The summed E-state index contributed by atoms with van der Waals surface area (Å²) in [6.07, 6.45) is 3.20. The van der Waals surface area contributed by atoms with Gasteiger partial charge in [-0.05, 0) is 42.5 Å². The van der Waals surface area contributed by atoms with Crippen molar-refractivity contribution in [3.8, 4) is 0 Å². The highest BCUT2D eigenvalue weighted by atomic mass is 35.5. The Labute approximate surface area is 302 Å².